The lowest BCUT2D eigenvalue weighted by molar-refractivity contribution is -0.896. The molecule has 1 nitrogen and oxygen atoms in total. The summed E-state index contributed by atoms with van der Waals surface area (Å²) < 4.78 is 0. The lowest BCUT2D eigenvalue weighted by Gasteiger charge is -2.14. The van der Waals surface area contributed by atoms with Crippen LogP contribution in [0.1, 0.15) is 103 Å². The van der Waals surface area contributed by atoms with Crippen molar-refractivity contribution in [3.8, 4) is 0 Å². The van der Waals surface area contributed by atoms with Gasteiger partial charge in [-0.05, 0) is 45.1 Å². The van der Waals surface area contributed by atoms with E-state index >= 15 is 0 Å². The molecule has 2 heteroatoms. The summed E-state index contributed by atoms with van der Waals surface area (Å²) in [6.07, 6.45) is 20.0. The molecule has 0 aliphatic rings. The monoisotopic (exact) mass is 395 g/mol. The highest BCUT2D eigenvalue weighted by Crippen LogP contribution is 2.13. The third kappa shape index (κ3) is 16.2. The molecule has 0 unspecified atom stereocenters. The Morgan fingerprint density at radius 2 is 0.963 bits per heavy atom. The predicted molar refractivity (Wildman–Crippen MR) is 117 cm³/mol. The summed E-state index contributed by atoms with van der Waals surface area (Å²) in [5, 5.41) is 0. The van der Waals surface area contributed by atoms with E-state index in [1.807, 2.05) is 0 Å². The highest BCUT2D eigenvalue weighted by atomic mass is 35.5. The first-order valence-electron chi connectivity index (χ1n) is 11.7. The molecule has 1 aromatic carbocycles. The molecule has 0 spiro atoms. The Hall–Kier alpha value is -0.530. The zero-order chi connectivity index (χ0) is 18.7. The number of rotatable bonds is 18. The van der Waals surface area contributed by atoms with Gasteiger partial charge in [0.05, 0.1) is 19.6 Å². The zero-order valence-electron chi connectivity index (χ0n) is 18.3. The van der Waals surface area contributed by atoms with Crippen molar-refractivity contribution < 1.29 is 17.3 Å². The second-order valence-corrected chi connectivity index (χ2v) is 8.04. The maximum Gasteiger partial charge on any atom is 0.0770 e. The molecular formula is C25H46ClN. The Morgan fingerprint density at radius 3 is 1.41 bits per heavy atom. The summed E-state index contributed by atoms with van der Waals surface area (Å²) in [5.41, 5.74) is 1.50. The van der Waals surface area contributed by atoms with E-state index in [4.69, 9.17) is 0 Å². The first-order valence-corrected chi connectivity index (χ1v) is 11.7. The van der Waals surface area contributed by atoms with Crippen molar-refractivity contribution in [3.05, 3.63) is 35.9 Å². The van der Waals surface area contributed by atoms with E-state index < -0.39 is 0 Å². The average molecular weight is 396 g/mol. The third-order valence-electron chi connectivity index (χ3n) is 5.84. The van der Waals surface area contributed by atoms with E-state index in [-0.39, 0.29) is 12.4 Å². The third-order valence-corrected chi connectivity index (χ3v) is 5.84. The number of aryl methyl sites for hydroxylation is 1. The zero-order valence-corrected chi connectivity index (χ0v) is 19.0. The minimum Gasteiger partial charge on any atom is -1.00 e. The Kier molecular flexibility index (Phi) is 19.8. The van der Waals surface area contributed by atoms with Crippen LogP contribution in [-0.2, 0) is 6.42 Å². The quantitative estimate of drug-likeness (QED) is 0.364. The average Bonchev–Trinajstić information content (AvgIpc) is 2.68. The van der Waals surface area contributed by atoms with Crippen LogP contribution in [-0.4, -0.2) is 19.6 Å². The van der Waals surface area contributed by atoms with Crippen molar-refractivity contribution in [2.45, 2.75) is 104 Å². The molecule has 0 atom stereocenters. The number of halogens is 1. The fourth-order valence-electron chi connectivity index (χ4n) is 3.90. The van der Waals surface area contributed by atoms with E-state index in [0.29, 0.717) is 0 Å². The Labute approximate surface area is 176 Å². The summed E-state index contributed by atoms with van der Waals surface area (Å²) in [6.45, 7) is 8.60. The van der Waals surface area contributed by atoms with Gasteiger partial charge in [0.15, 0.2) is 0 Å². The van der Waals surface area contributed by atoms with Crippen LogP contribution in [0.2, 0.25) is 0 Å². The van der Waals surface area contributed by atoms with Crippen LogP contribution < -0.4 is 17.3 Å². The molecule has 0 heterocycles. The van der Waals surface area contributed by atoms with Crippen LogP contribution >= 0.6 is 0 Å². The van der Waals surface area contributed by atoms with Gasteiger partial charge in [0.25, 0.3) is 0 Å². The second-order valence-electron chi connectivity index (χ2n) is 8.04. The van der Waals surface area contributed by atoms with Crippen molar-refractivity contribution in [2.75, 3.05) is 19.6 Å². The van der Waals surface area contributed by atoms with E-state index in [0.717, 1.165) is 0 Å². The van der Waals surface area contributed by atoms with Gasteiger partial charge in [-0.25, -0.2) is 0 Å². The van der Waals surface area contributed by atoms with Gasteiger partial charge in [-0.2, -0.15) is 0 Å². The molecular weight excluding hydrogens is 350 g/mol. The molecule has 0 radical (unpaired) electrons. The molecule has 158 valence electrons. The van der Waals surface area contributed by atoms with Gasteiger partial charge in [-0.3, -0.25) is 0 Å². The molecule has 0 aliphatic heterocycles. The van der Waals surface area contributed by atoms with Crippen LogP contribution in [0, 0.1) is 0 Å². The van der Waals surface area contributed by atoms with Crippen molar-refractivity contribution >= 4 is 0 Å². The molecule has 1 N–H and O–H groups in total. The number of unbranched alkanes of at least 4 members (excludes halogenated alkanes) is 12. The molecule has 0 aromatic heterocycles. The van der Waals surface area contributed by atoms with E-state index in [9.17, 15) is 0 Å². The summed E-state index contributed by atoms with van der Waals surface area (Å²) in [4.78, 5) is 1.77. The minimum atomic E-state index is 0. The highest BCUT2D eigenvalue weighted by Gasteiger charge is 2.01. The first-order chi connectivity index (χ1) is 12.9. The molecule has 0 amide bonds. The fraction of sp³-hybridized carbons (Fsp3) is 0.760. The fourth-order valence-corrected chi connectivity index (χ4v) is 3.90. The Balaban J connectivity index is 0.00000676. The molecule has 0 fully saturated rings. The molecule has 27 heavy (non-hydrogen) atoms. The number of hydrogen-bond donors (Lipinski definition) is 1. The second kappa shape index (κ2) is 20.2. The van der Waals surface area contributed by atoms with Crippen LogP contribution in [0.15, 0.2) is 30.3 Å². The summed E-state index contributed by atoms with van der Waals surface area (Å²) in [6, 6.07) is 10.9. The summed E-state index contributed by atoms with van der Waals surface area (Å²) in [7, 11) is 0. The van der Waals surface area contributed by atoms with Gasteiger partial charge >= 0.3 is 0 Å². The van der Waals surface area contributed by atoms with Crippen molar-refractivity contribution in [2.24, 2.45) is 0 Å². The molecule has 0 aliphatic carbocycles. The van der Waals surface area contributed by atoms with Gasteiger partial charge in [-0.15, -0.1) is 0 Å². The van der Waals surface area contributed by atoms with Crippen LogP contribution in [0.5, 0.6) is 0 Å². The standard InChI is InChI=1S/C25H45N.ClH/c1-3-26(4-2)24-20-15-13-11-9-7-5-6-8-10-12-14-17-21-25-22-18-16-19-23-25;/h16,18-19,22-23H,3-15,17,20-21,24H2,1-2H3;1H. The van der Waals surface area contributed by atoms with Crippen molar-refractivity contribution in [1.29, 1.82) is 0 Å². The van der Waals surface area contributed by atoms with Crippen LogP contribution in [0.4, 0.5) is 0 Å². The number of nitrogens with one attached hydrogen (secondary N) is 1. The highest BCUT2D eigenvalue weighted by molar-refractivity contribution is 5.14. The Morgan fingerprint density at radius 1 is 0.556 bits per heavy atom. The van der Waals surface area contributed by atoms with Gasteiger partial charge in [0.1, 0.15) is 0 Å². The molecule has 0 saturated heterocycles. The molecule has 1 aromatic rings. The summed E-state index contributed by atoms with van der Waals surface area (Å²) in [5.74, 6) is 0. The topological polar surface area (TPSA) is 4.44 Å². The molecule has 0 bridgehead atoms. The van der Waals surface area contributed by atoms with Crippen LogP contribution in [0.3, 0.4) is 0 Å². The van der Waals surface area contributed by atoms with Crippen molar-refractivity contribution in [3.63, 3.8) is 0 Å². The molecule has 0 saturated carbocycles. The van der Waals surface area contributed by atoms with E-state index in [1.165, 1.54) is 115 Å². The largest absolute Gasteiger partial charge is 1.00 e. The van der Waals surface area contributed by atoms with Gasteiger partial charge < -0.3 is 17.3 Å². The molecule has 1 rings (SSSR count). The number of benzene rings is 1. The van der Waals surface area contributed by atoms with Gasteiger partial charge in [-0.1, -0.05) is 94.5 Å². The first kappa shape index (κ1) is 26.5. The maximum absolute atomic E-state index is 2.31. The SMILES string of the molecule is CC[NH+](CC)CCCCCCCCCCCCCCCc1ccccc1.[Cl-]. The number of quaternary nitrogens is 1. The van der Waals surface area contributed by atoms with Crippen LogP contribution in [0.25, 0.3) is 0 Å². The number of hydrogen-bond acceptors (Lipinski definition) is 0. The minimum absolute atomic E-state index is 0. The Bertz CT molecular complexity index is 389. The van der Waals surface area contributed by atoms with Gasteiger partial charge in [0, 0.05) is 0 Å². The van der Waals surface area contributed by atoms with E-state index in [1.54, 1.807) is 4.90 Å². The maximum atomic E-state index is 2.31. The smallest absolute Gasteiger partial charge is 0.0770 e. The van der Waals surface area contributed by atoms with E-state index in [2.05, 4.69) is 44.2 Å². The predicted octanol–water partition coefficient (Wildman–Crippen LogP) is 3.23. The van der Waals surface area contributed by atoms with Gasteiger partial charge in [0.2, 0.25) is 0 Å². The lowest BCUT2D eigenvalue weighted by Crippen LogP contribution is -3.11. The summed E-state index contributed by atoms with van der Waals surface area (Å²) >= 11 is 0. The normalized spacial score (nSPS) is 10.9. The lowest BCUT2D eigenvalue weighted by atomic mass is 10.0. The van der Waals surface area contributed by atoms with Crippen molar-refractivity contribution in [1.82, 2.24) is 0 Å².